The lowest BCUT2D eigenvalue weighted by Crippen LogP contribution is -2.12. The zero-order valence-electron chi connectivity index (χ0n) is 9.43. The number of benzene rings is 1. The van der Waals surface area contributed by atoms with E-state index in [4.69, 9.17) is 11.6 Å². The SMILES string of the molecule is FC(F)(F)c1ccn(-c2ccc(Cl)cc2C(F)(F)F)n1. The molecule has 2 nitrogen and oxygen atoms in total. The van der Waals surface area contributed by atoms with E-state index in [0.29, 0.717) is 16.8 Å². The molecule has 1 aromatic carbocycles. The van der Waals surface area contributed by atoms with Crippen molar-refractivity contribution in [2.45, 2.75) is 12.4 Å². The van der Waals surface area contributed by atoms with Crippen LogP contribution in [0.5, 0.6) is 0 Å². The Labute approximate surface area is 113 Å². The van der Waals surface area contributed by atoms with E-state index in [2.05, 4.69) is 5.10 Å². The quantitative estimate of drug-likeness (QED) is 0.705. The van der Waals surface area contributed by atoms with Crippen LogP contribution in [0.1, 0.15) is 11.3 Å². The molecular formula is C11H5ClF6N2. The monoisotopic (exact) mass is 314 g/mol. The molecule has 1 heterocycles. The van der Waals surface area contributed by atoms with Gasteiger partial charge in [0.05, 0.1) is 11.3 Å². The summed E-state index contributed by atoms with van der Waals surface area (Å²) in [5.74, 6) is 0. The van der Waals surface area contributed by atoms with Crippen LogP contribution in [0, 0.1) is 0 Å². The summed E-state index contributed by atoms with van der Waals surface area (Å²) >= 11 is 5.48. The van der Waals surface area contributed by atoms with E-state index in [1.807, 2.05) is 0 Å². The van der Waals surface area contributed by atoms with Crippen LogP contribution in [0.15, 0.2) is 30.5 Å². The molecule has 9 heteroatoms. The summed E-state index contributed by atoms with van der Waals surface area (Å²) in [6.07, 6.45) is -8.68. The second kappa shape index (κ2) is 4.69. The normalized spacial score (nSPS) is 12.8. The van der Waals surface area contributed by atoms with Gasteiger partial charge in [-0.2, -0.15) is 31.4 Å². The molecule has 0 saturated carbocycles. The van der Waals surface area contributed by atoms with Crippen LogP contribution in [-0.4, -0.2) is 9.78 Å². The largest absolute Gasteiger partial charge is 0.435 e. The molecule has 0 aliphatic carbocycles. The number of hydrogen-bond donors (Lipinski definition) is 0. The third-order valence-electron chi connectivity index (χ3n) is 2.39. The van der Waals surface area contributed by atoms with Crippen molar-refractivity contribution in [2.24, 2.45) is 0 Å². The molecule has 0 spiro atoms. The summed E-state index contributed by atoms with van der Waals surface area (Å²) in [5, 5.41) is 2.93. The Bertz CT molecular complexity index is 629. The highest BCUT2D eigenvalue weighted by atomic mass is 35.5. The van der Waals surface area contributed by atoms with Gasteiger partial charge in [0, 0.05) is 11.2 Å². The van der Waals surface area contributed by atoms with Gasteiger partial charge < -0.3 is 0 Å². The summed E-state index contributed by atoms with van der Waals surface area (Å²) in [7, 11) is 0. The maximum Gasteiger partial charge on any atom is 0.435 e. The molecule has 2 rings (SSSR count). The van der Waals surface area contributed by atoms with Crippen molar-refractivity contribution >= 4 is 11.6 Å². The minimum Gasteiger partial charge on any atom is -0.240 e. The first-order valence-corrected chi connectivity index (χ1v) is 5.47. The molecule has 0 amide bonds. The van der Waals surface area contributed by atoms with Crippen molar-refractivity contribution in [3.8, 4) is 5.69 Å². The lowest BCUT2D eigenvalue weighted by Gasteiger charge is -2.13. The standard InChI is InChI=1S/C11H5ClF6N2/c12-6-1-2-8(7(5-6)10(13,14)15)20-4-3-9(19-20)11(16,17)18/h1-5H. The molecule has 0 atom stereocenters. The van der Waals surface area contributed by atoms with Gasteiger partial charge in [0.15, 0.2) is 5.69 Å². The van der Waals surface area contributed by atoms with Crippen molar-refractivity contribution in [2.75, 3.05) is 0 Å². The molecule has 0 N–H and O–H groups in total. The Kier molecular flexibility index (Phi) is 3.45. The predicted octanol–water partition coefficient (Wildman–Crippen LogP) is 4.56. The number of hydrogen-bond acceptors (Lipinski definition) is 1. The summed E-state index contributed by atoms with van der Waals surface area (Å²) in [5.41, 5.74) is -2.97. The number of halogens is 7. The zero-order chi connectivity index (χ0) is 15.1. The minimum atomic E-state index is -4.76. The summed E-state index contributed by atoms with van der Waals surface area (Å²) in [6, 6.07) is 3.32. The molecule has 0 fully saturated rings. The highest BCUT2D eigenvalue weighted by Gasteiger charge is 2.36. The van der Waals surface area contributed by atoms with Gasteiger partial charge >= 0.3 is 12.4 Å². The third kappa shape index (κ3) is 2.90. The number of aromatic nitrogens is 2. The lowest BCUT2D eigenvalue weighted by molar-refractivity contribution is -0.141. The highest BCUT2D eigenvalue weighted by Crippen LogP contribution is 2.36. The van der Waals surface area contributed by atoms with Gasteiger partial charge in [-0.25, -0.2) is 4.68 Å². The maximum absolute atomic E-state index is 12.8. The topological polar surface area (TPSA) is 17.8 Å². The van der Waals surface area contributed by atoms with Crippen LogP contribution >= 0.6 is 11.6 Å². The van der Waals surface area contributed by atoms with E-state index >= 15 is 0 Å². The van der Waals surface area contributed by atoms with Crippen LogP contribution in [0.3, 0.4) is 0 Å². The highest BCUT2D eigenvalue weighted by molar-refractivity contribution is 6.30. The van der Waals surface area contributed by atoms with Gasteiger partial charge in [0.25, 0.3) is 0 Å². The van der Waals surface area contributed by atoms with Gasteiger partial charge in [-0.15, -0.1) is 0 Å². The second-order valence-corrected chi connectivity index (χ2v) is 4.24. The Hall–Kier alpha value is -1.70. The molecule has 108 valence electrons. The summed E-state index contributed by atoms with van der Waals surface area (Å²) in [4.78, 5) is 0. The molecule has 0 aliphatic rings. The first kappa shape index (κ1) is 14.7. The Morgan fingerprint density at radius 3 is 2.10 bits per heavy atom. The third-order valence-corrected chi connectivity index (χ3v) is 2.63. The predicted molar refractivity (Wildman–Crippen MR) is 58.6 cm³/mol. The fourth-order valence-electron chi connectivity index (χ4n) is 1.54. The molecule has 1 aromatic heterocycles. The van der Waals surface area contributed by atoms with E-state index in [0.717, 1.165) is 18.3 Å². The first-order chi connectivity index (χ1) is 9.09. The maximum atomic E-state index is 12.8. The van der Waals surface area contributed by atoms with Gasteiger partial charge in [0.2, 0.25) is 0 Å². The van der Waals surface area contributed by atoms with E-state index in [1.54, 1.807) is 0 Å². The Balaban J connectivity index is 2.56. The van der Waals surface area contributed by atoms with Gasteiger partial charge in [0.1, 0.15) is 0 Å². The van der Waals surface area contributed by atoms with E-state index in [9.17, 15) is 26.3 Å². The van der Waals surface area contributed by atoms with Gasteiger partial charge in [-0.3, -0.25) is 0 Å². The average Bonchev–Trinajstić information content (AvgIpc) is 2.76. The smallest absolute Gasteiger partial charge is 0.240 e. The zero-order valence-corrected chi connectivity index (χ0v) is 10.2. The molecule has 0 radical (unpaired) electrons. The van der Waals surface area contributed by atoms with Crippen LogP contribution in [-0.2, 0) is 12.4 Å². The molecule has 2 aromatic rings. The van der Waals surface area contributed by atoms with Crippen molar-refractivity contribution in [3.05, 3.63) is 46.7 Å². The van der Waals surface area contributed by atoms with Crippen LogP contribution < -0.4 is 0 Å². The number of rotatable bonds is 1. The number of alkyl halides is 6. The first-order valence-electron chi connectivity index (χ1n) is 5.09. The van der Waals surface area contributed by atoms with Crippen LogP contribution in [0.4, 0.5) is 26.3 Å². The van der Waals surface area contributed by atoms with Crippen molar-refractivity contribution in [1.82, 2.24) is 9.78 Å². The van der Waals surface area contributed by atoms with Crippen molar-refractivity contribution in [1.29, 1.82) is 0 Å². The van der Waals surface area contributed by atoms with E-state index in [1.165, 1.54) is 0 Å². The molecule has 0 bridgehead atoms. The van der Waals surface area contributed by atoms with Crippen LogP contribution in [0.2, 0.25) is 5.02 Å². The van der Waals surface area contributed by atoms with E-state index < -0.39 is 29.3 Å². The molecule has 0 saturated heterocycles. The van der Waals surface area contributed by atoms with Crippen LogP contribution in [0.25, 0.3) is 5.69 Å². The van der Waals surface area contributed by atoms with Gasteiger partial charge in [-0.1, -0.05) is 11.6 Å². The number of nitrogens with zero attached hydrogens (tertiary/aromatic N) is 2. The molecule has 0 aliphatic heterocycles. The fraction of sp³-hybridized carbons (Fsp3) is 0.182. The Morgan fingerprint density at radius 1 is 0.950 bits per heavy atom. The van der Waals surface area contributed by atoms with Crippen molar-refractivity contribution in [3.63, 3.8) is 0 Å². The average molecular weight is 315 g/mol. The molecule has 0 unspecified atom stereocenters. The Morgan fingerprint density at radius 2 is 1.60 bits per heavy atom. The fourth-order valence-corrected chi connectivity index (χ4v) is 1.72. The van der Waals surface area contributed by atoms with E-state index in [-0.39, 0.29) is 5.02 Å². The van der Waals surface area contributed by atoms with Gasteiger partial charge in [-0.05, 0) is 24.3 Å². The second-order valence-electron chi connectivity index (χ2n) is 3.80. The van der Waals surface area contributed by atoms with Crippen molar-refractivity contribution < 1.29 is 26.3 Å². The molecule has 20 heavy (non-hydrogen) atoms. The molecular weight excluding hydrogens is 310 g/mol. The minimum absolute atomic E-state index is 0.177. The summed E-state index contributed by atoms with van der Waals surface area (Å²) < 4.78 is 76.2. The summed E-state index contributed by atoms with van der Waals surface area (Å²) in [6.45, 7) is 0. The lowest BCUT2D eigenvalue weighted by atomic mass is 10.1.